The molecule has 1 atom stereocenters. The lowest BCUT2D eigenvalue weighted by Gasteiger charge is -2.34. The summed E-state index contributed by atoms with van der Waals surface area (Å²) >= 11 is 0. The van der Waals surface area contributed by atoms with E-state index in [0.717, 1.165) is 61.9 Å². The Hall–Kier alpha value is -2.48. The van der Waals surface area contributed by atoms with Crippen LogP contribution < -0.4 is 4.90 Å². The van der Waals surface area contributed by atoms with E-state index >= 15 is 0 Å². The smallest absolute Gasteiger partial charge is 0.138 e. The first kappa shape index (κ1) is 21.4. The van der Waals surface area contributed by atoms with E-state index in [1.165, 1.54) is 24.1 Å². The summed E-state index contributed by atoms with van der Waals surface area (Å²) in [7, 11) is 4.34. The van der Waals surface area contributed by atoms with Gasteiger partial charge in [-0.05, 0) is 57.1 Å². The predicted octanol–water partition coefficient (Wildman–Crippen LogP) is 2.87. The fourth-order valence-corrected chi connectivity index (χ4v) is 5.28. The fraction of sp³-hybridized carbons (Fsp3) is 0.520. The lowest BCUT2D eigenvalue weighted by atomic mass is 10.0. The van der Waals surface area contributed by atoms with E-state index in [0.29, 0.717) is 6.54 Å². The molecule has 1 unspecified atom stereocenters. The van der Waals surface area contributed by atoms with Crippen molar-refractivity contribution in [3.63, 3.8) is 0 Å². The zero-order valence-corrected chi connectivity index (χ0v) is 19.2. The zero-order chi connectivity index (χ0) is 22.1. The molecule has 0 saturated carbocycles. The molecule has 0 aromatic carbocycles. The lowest BCUT2D eigenvalue weighted by molar-refractivity contribution is 0.212. The van der Waals surface area contributed by atoms with Crippen LogP contribution in [0.5, 0.6) is 0 Å². The van der Waals surface area contributed by atoms with Gasteiger partial charge in [-0.25, -0.2) is 4.98 Å². The average Bonchev–Trinajstić information content (AvgIpc) is 3.02. The Morgan fingerprint density at radius 1 is 1.09 bits per heavy atom. The number of piperazine rings is 1. The number of imidazole rings is 1. The van der Waals surface area contributed by atoms with Crippen LogP contribution in [0.3, 0.4) is 0 Å². The number of fused-ring (bicyclic) bond motifs is 2. The molecular weight excluding hydrogens is 400 g/mol. The number of pyridine rings is 2. The van der Waals surface area contributed by atoms with Crippen LogP contribution in [0.1, 0.15) is 47.9 Å². The summed E-state index contributed by atoms with van der Waals surface area (Å²) in [6, 6.07) is 10.8. The SMILES string of the molecule is CN1CCN(c2cccc3nc(CN(C)C4CCCCc5cccnc54)c(CO)n23)CC1. The number of hydrogen-bond acceptors (Lipinski definition) is 6. The van der Waals surface area contributed by atoms with Crippen molar-refractivity contribution in [1.82, 2.24) is 24.2 Å². The Bertz CT molecular complexity index is 1070. The number of likely N-dealkylation sites (N-methyl/N-ethyl adjacent to an activating group) is 1. The molecule has 1 N–H and O–H groups in total. The van der Waals surface area contributed by atoms with Crippen molar-refractivity contribution in [1.29, 1.82) is 0 Å². The van der Waals surface area contributed by atoms with Crippen molar-refractivity contribution in [3.05, 3.63) is 59.2 Å². The lowest BCUT2D eigenvalue weighted by Crippen LogP contribution is -2.45. The van der Waals surface area contributed by atoms with Crippen molar-refractivity contribution >= 4 is 11.5 Å². The largest absolute Gasteiger partial charge is 0.390 e. The Labute approximate surface area is 190 Å². The number of hydrogen-bond donors (Lipinski definition) is 1. The van der Waals surface area contributed by atoms with E-state index in [1.807, 2.05) is 18.3 Å². The Kier molecular flexibility index (Phi) is 6.13. The molecule has 170 valence electrons. The third kappa shape index (κ3) is 4.00. The van der Waals surface area contributed by atoms with Gasteiger partial charge in [-0.1, -0.05) is 18.6 Å². The molecule has 5 rings (SSSR count). The summed E-state index contributed by atoms with van der Waals surface area (Å²) in [6.45, 7) is 4.73. The Balaban J connectivity index is 1.47. The van der Waals surface area contributed by atoms with E-state index in [-0.39, 0.29) is 12.6 Å². The van der Waals surface area contributed by atoms with E-state index in [2.05, 4.69) is 51.4 Å². The molecule has 4 heterocycles. The van der Waals surface area contributed by atoms with Crippen molar-refractivity contribution in [3.8, 4) is 0 Å². The van der Waals surface area contributed by atoms with Gasteiger partial charge in [-0.3, -0.25) is 14.3 Å². The summed E-state index contributed by atoms with van der Waals surface area (Å²) < 4.78 is 2.16. The number of aliphatic hydroxyl groups is 1. The molecule has 0 radical (unpaired) electrons. The molecule has 1 aliphatic carbocycles. The van der Waals surface area contributed by atoms with Crippen LogP contribution in [0.4, 0.5) is 5.82 Å². The van der Waals surface area contributed by atoms with Crippen LogP contribution in [0, 0.1) is 0 Å². The summed E-state index contributed by atoms with van der Waals surface area (Å²) in [6.07, 6.45) is 6.55. The first-order valence-electron chi connectivity index (χ1n) is 11.8. The first-order valence-corrected chi connectivity index (χ1v) is 11.8. The van der Waals surface area contributed by atoms with Crippen LogP contribution in [0.15, 0.2) is 36.5 Å². The highest BCUT2D eigenvalue weighted by atomic mass is 16.3. The van der Waals surface area contributed by atoms with Gasteiger partial charge in [0.15, 0.2) is 0 Å². The maximum atomic E-state index is 10.4. The zero-order valence-electron chi connectivity index (χ0n) is 19.2. The first-order chi connectivity index (χ1) is 15.7. The number of nitrogens with zero attached hydrogens (tertiary/aromatic N) is 6. The predicted molar refractivity (Wildman–Crippen MR) is 127 cm³/mol. The second-order valence-electron chi connectivity index (χ2n) is 9.26. The van der Waals surface area contributed by atoms with E-state index in [9.17, 15) is 5.11 Å². The van der Waals surface area contributed by atoms with E-state index < -0.39 is 0 Å². The molecule has 0 amide bonds. The molecule has 1 aliphatic heterocycles. The minimum atomic E-state index is -0.0192. The highest BCUT2D eigenvalue weighted by Gasteiger charge is 2.26. The molecule has 0 spiro atoms. The third-order valence-electron chi connectivity index (χ3n) is 7.13. The maximum absolute atomic E-state index is 10.4. The third-order valence-corrected chi connectivity index (χ3v) is 7.13. The summed E-state index contributed by atoms with van der Waals surface area (Å²) in [4.78, 5) is 16.9. The van der Waals surface area contributed by atoms with Gasteiger partial charge in [0, 0.05) is 38.9 Å². The molecule has 1 fully saturated rings. The van der Waals surface area contributed by atoms with Gasteiger partial charge in [-0.2, -0.15) is 0 Å². The van der Waals surface area contributed by atoms with Gasteiger partial charge >= 0.3 is 0 Å². The van der Waals surface area contributed by atoms with Crippen molar-refractivity contribution in [2.75, 3.05) is 45.2 Å². The van der Waals surface area contributed by atoms with Crippen molar-refractivity contribution < 1.29 is 5.11 Å². The molecule has 32 heavy (non-hydrogen) atoms. The minimum absolute atomic E-state index is 0.0192. The monoisotopic (exact) mass is 434 g/mol. The summed E-state index contributed by atoms with van der Waals surface area (Å²) in [5.74, 6) is 1.13. The van der Waals surface area contributed by atoms with E-state index in [1.54, 1.807) is 0 Å². The Morgan fingerprint density at radius 3 is 2.75 bits per heavy atom. The topological polar surface area (TPSA) is 60.1 Å². The average molecular weight is 435 g/mol. The van der Waals surface area contributed by atoms with Crippen molar-refractivity contribution in [2.24, 2.45) is 0 Å². The molecule has 1 saturated heterocycles. The standard InChI is InChI=1S/C25H34N6O/c1-28-13-15-30(16-14-28)24-11-5-10-23-27-20(22(18-32)31(23)24)17-29(2)21-9-4-3-7-19-8-6-12-26-25(19)21/h5-6,8,10-12,21,32H,3-4,7,9,13-18H2,1-2H3. The molecule has 0 bridgehead atoms. The highest BCUT2D eigenvalue weighted by molar-refractivity contribution is 5.55. The number of rotatable bonds is 5. The van der Waals surface area contributed by atoms with Gasteiger partial charge in [0.2, 0.25) is 0 Å². The van der Waals surface area contributed by atoms with Crippen LogP contribution in [0.2, 0.25) is 0 Å². The van der Waals surface area contributed by atoms with E-state index in [4.69, 9.17) is 9.97 Å². The van der Waals surface area contributed by atoms with Crippen LogP contribution in [0.25, 0.3) is 5.65 Å². The molecule has 7 heteroatoms. The number of aromatic nitrogens is 3. The molecular formula is C25H34N6O. The highest BCUT2D eigenvalue weighted by Crippen LogP contribution is 2.32. The minimum Gasteiger partial charge on any atom is -0.390 e. The number of anilines is 1. The normalized spacial score (nSPS) is 20.0. The van der Waals surface area contributed by atoms with Gasteiger partial charge < -0.3 is 14.9 Å². The van der Waals surface area contributed by atoms with Gasteiger partial charge in [-0.15, -0.1) is 0 Å². The molecule has 3 aromatic rings. The Morgan fingerprint density at radius 2 is 1.94 bits per heavy atom. The second kappa shape index (κ2) is 9.17. The van der Waals surface area contributed by atoms with Crippen LogP contribution >= 0.6 is 0 Å². The number of aryl methyl sites for hydroxylation is 1. The van der Waals surface area contributed by atoms with Crippen molar-refractivity contribution in [2.45, 2.75) is 44.9 Å². The summed E-state index contributed by atoms with van der Waals surface area (Å²) in [5, 5.41) is 10.4. The molecule has 2 aliphatic rings. The van der Waals surface area contributed by atoms with Gasteiger partial charge in [0.1, 0.15) is 11.5 Å². The maximum Gasteiger partial charge on any atom is 0.138 e. The summed E-state index contributed by atoms with van der Waals surface area (Å²) in [5.41, 5.74) is 5.35. The van der Waals surface area contributed by atoms with Crippen LogP contribution in [-0.2, 0) is 19.6 Å². The second-order valence-corrected chi connectivity index (χ2v) is 9.26. The molecule has 3 aromatic heterocycles. The number of aliphatic hydroxyl groups excluding tert-OH is 1. The fourth-order valence-electron chi connectivity index (χ4n) is 5.28. The molecule has 7 nitrogen and oxygen atoms in total. The van der Waals surface area contributed by atoms with Crippen LogP contribution in [-0.4, -0.2) is 69.5 Å². The van der Waals surface area contributed by atoms with Gasteiger partial charge in [0.25, 0.3) is 0 Å². The quantitative estimate of drug-likeness (QED) is 0.623. The van der Waals surface area contributed by atoms with Gasteiger partial charge in [0.05, 0.1) is 29.7 Å².